The van der Waals surface area contributed by atoms with E-state index in [1.54, 1.807) is 0 Å². The Kier molecular flexibility index (Phi) is 6.10. The molecule has 0 spiro atoms. The van der Waals surface area contributed by atoms with Crippen molar-refractivity contribution in [1.29, 1.82) is 0 Å². The van der Waals surface area contributed by atoms with E-state index in [-0.39, 0.29) is 12.2 Å². The number of carbonyl (C=O) groups is 1. The summed E-state index contributed by atoms with van der Waals surface area (Å²) < 4.78 is 39.7. The molecule has 0 saturated carbocycles. The molecule has 106 valence electrons. The number of aromatic nitrogens is 1. The quantitative estimate of drug-likeness (QED) is 0.619. The van der Waals surface area contributed by atoms with Gasteiger partial charge in [0.05, 0.1) is 10.6 Å². The molecule has 0 amide bonds. The molecule has 0 atom stereocenters. The van der Waals surface area contributed by atoms with Gasteiger partial charge in [-0.3, -0.25) is 0 Å². The highest BCUT2D eigenvalue weighted by Crippen LogP contribution is 2.18. The van der Waals surface area contributed by atoms with E-state index in [9.17, 15) is 18.0 Å². The first kappa shape index (κ1) is 15.8. The summed E-state index contributed by atoms with van der Waals surface area (Å²) in [6.45, 7) is -1.24. The maximum Gasteiger partial charge on any atom is 0.411 e. The van der Waals surface area contributed by atoms with Crippen LogP contribution in [-0.2, 0) is 4.74 Å². The minimum Gasteiger partial charge on any atom is -0.478 e. The number of halogens is 3. The highest BCUT2D eigenvalue weighted by molar-refractivity contribution is 7.99. The molecule has 0 aliphatic heterocycles. The molecule has 1 aromatic heterocycles. The number of hydrogen-bond acceptors (Lipinski definition) is 4. The molecule has 0 radical (unpaired) electrons. The highest BCUT2D eigenvalue weighted by atomic mass is 32.2. The predicted molar refractivity (Wildman–Crippen MR) is 63.4 cm³/mol. The Balaban J connectivity index is 2.23. The summed E-state index contributed by atoms with van der Waals surface area (Å²) in [5.41, 5.74) is 0.130. The maximum absolute atomic E-state index is 11.8. The lowest BCUT2D eigenvalue weighted by Gasteiger charge is -2.07. The molecule has 0 aliphatic carbocycles. The van der Waals surface area contributed by atoms with Crippen LogP contribution < -0.4 is 0 Å². The van der Waals surface area contributed by atoms with Crippen LogP contribution in [0, 0.1) is 0 Å². The minimum absolute atomic E-state index is 0.00509. The summed E-state index contributed by atoms with van der Waals surface area (Å²) in [4.78, 5) is 14.7. The molecule has 1 aromatic rings. The lowest BCUT2D eigenvalue weighted by Crippen LogP contribution is -2.17. The molecule has 4 nitrogen and oxygen atoms in total. The molecule has 0 unspecified atom stereocenters. The second-order valence-corrected chi connectivity index (χ2v) is 4.67. The van der Waals surface area contributed by atoms with E-state index in [0.717, 1.165) is 0 Å². The molecule has 19 heavy (non-hydrogen) atoms. The summed E-state index contributed by atoms with van der Waals surface area (Å²) in [6.07, 6.45) is -2.49. The number of aromatic carboxylic acids is 1. The van der Waals surface area contributed by atoms with E-state index in [2.05, 4.69) is 9.72 Å². The Hall–Kier alpha value is -1.28. The first-order valence-corrected chi connectivity index (χ1v) is 6.34. The summed E-state index contributed by atoms with van der Waals surface area (Å²) in [5, 5.41) is 9.29. The fraction of sp³-hybridized carbons (Fsp3) is 0.455. The second-order valence-electron chi connectivity index (χ2n) is 3.56. The lowest BCUT2D eigenvalue weighted by atomic mass is 10.3. The number of thioether (sulfide) groups is 1. The van der Waals surface area contributed by atoms with Gasteiger partial charge in [-0.25, -0.2) is 9.78 Å². The van der Waals surface area contributed by atoms with Gasteiger partial charge in [-0.1, -0.05) is 0 Å². The van der Waals surface area contributed by atoms with Gasteiger partial charge < -0.3 is 9.84 Å². The van der Waals surface area contributed by atoms with Crippen molar-refractivity contribution >= 4 is 17.7 Å². The van der Waals surface area contributed by atoms with Crippen LogP contribution in [0.4, 0.5) is 13.2 Å². The molecule has 0 fully saturated rings. The third-order valence-corrected chi connectivity index (χ3v) is 2.94. The van der Waals surface area contributed by atoms with Crippen molar-refractivity contribution in [3.8, 4) is 0 Å². The summed E-state index contributed by atoms with van der Waals surface area (Å²) >= 11 is 1.27. The number of pyridine rings is 1. The first-order chi connectivity index (χ1) is 8.88. The molecule has 1 N–H and O–H groups in total. The number of alkyl halides is 3. The summed E-state index contributed by atoms with van der Waals surface area (Å²) in [5.74, 6) is -0.536. The number of hydrogen-bond donors (Lipinski definition) is 1. The Bertz CT molecular complexity index is 426. The Morgan fingerprint density at radius 3 is 2.84 bits per heavy atom. The van der Waals surface area contributed by atoms with Crippen molar-refractivity contribution in [1.82, 2.24) is 4.98 Å². The van der Waals surface area contributed by atoms with Crippen molar-refractivity contribution in [2.45, 2.75) is 17.6 Å². The second kappa shape index (κ2) is 7.34. The number of rotatable bonds is 7. The Labute approximate surface area is 112 Å². The fourth-order valence-corrected chi connectivity index (χ4v) is 1.96. The smallest absolute Gasteiger partial charge is 0.411 e. The van der Waals surface area contributed by atoms with Gasteiger partial charge in [0.1, 0.15) is 6.61 Å². The monoisotopic (exact) mass is 295 g/mol. The van der Waals surface area contributed by atoms with E-state index in [1.807, 2.05) is 0 Å². The first-order valence-electron chi connectivity index (χ1n) is 5.35. The van der Waals surface area contributed by atoms with Gasteiger partial charge in [0.2, 0.25) is 0 Å². The number of carboxylic acids is 1. The van der Waals surface area contributed by atoms with Crippen molar-refractivity contribution in [3.63, 3.8) is 0 Å². The van der Waals surface area contributed by atoms with Crippen molar-refractivity contribution < 1.29 is 27.8 Å². The van der Waals surface area contributed by atoms with Crippen LogP contribution in [0.25, 0.3) is 0 Å². The molecule has 0 saturated heterocycles. The zero-order valence-electron chi connectivity index (χ0n) is 9.81. The zero-order valence-corrected chi connectivity index (χ0v) is 10.6. The SMILES string of the molecule is O=C(O)c1ccnc(SCCCOCC(F)(F)F)c1. The maximum atomic E-state index is 11.8. The predicted octanol–water partition coefficient (Wildman–Crippen LogP) is 2.84. The van der Waals surface area contributed by atoms with E-state index < -0.39 is 18.8 Å². The van der Waals surface area contributed by atoms with Gasteiger partial charge >= 0.3 is 12.1 Å². The number of carboxylic acid groups (broad SMARTS) is 1. The minimum atomic E-state index is -4.30. The van der Waals surface area contributed by atoms with Gasteiger partial charge in [-0.15, -0.1) is 11.8 Å². The topological polar surface area (TPSA) is 59.4 Å². The zero-order chi connectivity index (χ0) is 14.3. The molecule has 0 aliphatic rings. The van der Waals surface area contributed by atoms with E-state index in [0.29, 0.717) is 17.2 Å². The van der Waals surface area contributed by atoms with Crippen LogP contribution in [0.3, 0.4) is 0 Å². The highest BCUT2D eigenvalue weighted by Gasteiger charge is 2.27. The van der Waals surface area contributed by atoms with Crippen LogP contribution in [0.15, 0.2) is 23.4 Å². The third-order valence-electron chi connectivity index (χ3n) is 1.93. The van der Waals surface area contributed by atoms with E-state index in [1.165, 1.54) is 30.1 Å². The fourth-order valence-electron chi connectivity index (χ4n) is 1.15. The van der Waals surface area contributed by atoms with Crippen molar-refractivity contribution in [2.75, 3.05) is 19.0 Å². The molecular formula is C11H12F3NO3S. The van der Waals surface area contributed by atoms with E-state index >= 15 is 0 Å². The normalized spacial score (nSPS) is 11.5. The molecule has 0 aromatic carbocycles. The third kappa shape index (κ3) is 7.02. The summed E-state index contributed by atoms with van der Waals surface area (Å²) in [7, 11) is 0. The average Bonchev–Trinajstić information content (AvgIpc) is 2.32. The van der Waals surface area contributed by atoms with Gasteiger partial charge in [-0.05, 0) is 18.6 Å². The number of nitrogens with zero attached hydrogens (tertiary/aromatic N) is 1. The lowest BCUT2D eigenvalue weighted by molar-refractivity contribution is -0.173. The largest absolute Gasteiger partial charge is 0.478 e. The average molecular weight is 295 g/mol. The van der Waals surface area contributed by atoms with Crippen LogP contribution in [-0.4, -0.2) is 41.2 Å². The Morgan fingerprint density at radius 1 is 1.47 bits per heavy atom. The standard InChI is InChI=1S/C11H12F3NO3S/c12-11(13,14)7-18-4-1-5-19-9-6-8(10(16)17)2-3-15-9/h2-3,6H,1,4-5,7H2,(H,16,17). The van der Waals surface area contributed by atoms with Gasteiger partial charge in [0.15, 0.2) is 0 Å². The van der Waals surface area contributed by atoms with Crippen molar-refractivity contribution in [2.24, 2.45) is 0 Å². The van der Waals surface area contributed by atoms with Gasteiger partial charge in [0, 0.05) is 18.6 Å². The molecule has 1 rings (SSSR count). The van der Waals surface area contributed by atoms with E-state index in [4.69, 9.17) is 5.11 Å². The molecule has 1 heterocycles. The van der Waals surface area contributed by atoms with Gasteiger partial charge in [0.25, 0.3) is 0 Å². The van der Waals surface area contributed by atoms with Crippen LogP contribution >= 0.6 is 11.8 Å². The van der Waals surface area contributed by atoms with Crippen LogP contribution in [0.5, 0.6) is 0 Å². The van der Waals surface area contributed by atoms with Crippen LogP contribution in [0.1, 0.15) is 16.8 Å². The van der Waals surface area contributed by atoms with Gasteiger partial charge in [-0.2, -0.15) is 13.2 Å². The molecular weight excluding hydrogens is 283 g/mol. The van der Waals surface area contributed by atoms with Crippen LogP contribution in [0.2, 0.25) is 0 Å². The Morgan fingerprint density at radius 2 is 2.21 bits per heavy atom. The summed E-state index contributed by atoms with van der Waals surface area (Å²) in [6, 6.07) is 2.79. The molecule has 8 heteroatoms. The molecule has 0 bridgehead atoms. The van der Waals surface area contributed by atoms with Crippen molar-refractivity contribution in [3.05, 3.63) is 23.9 Å². The number of ether oxygens (including phenoxy) is 1.